The molecule has 12 heteroatoms. The van der Waals surface area contributed by atoms with Gasteiger partial charge < -0.3 is 5.32 Å². The number of hydrogen-bond acceptors (Lipinski definition) is 5. The minimum atomic E-state index is -4.64. The lowest BCUT2D eigenvalue weighted by atomic mass is 10.2. The van der Waals surface area contributed by atoms with Crippen molar-refractivity contribution in [2.24, 2.45) is 0 Å². The zero-order valence-electron chi connectivity index (χ0n) is 16.5. The molecule has 0 saturated carbocycles. The third-order valence-electron chi connectivity index (χ3n) is 4.51. The molecule has 1 aliphatic rings. The van der Waals surface area contributed by atoms with E-state index in [-0.39, 0.29) is 26.1 Å². The number of rotatable bonds is 7. The molecule has 0 unspecified atom stereocenters. The highest BCUT2D eigenvalue weighted by molar-refractivity contribution is 7.89. The lowest BCUT2D eigenvalue weighted by molar-refractivity contribution is -0.137. The molecule has 1 amide bonds. The van der Waals surface area contributed by atoms with E-state index in [1.807, 2.05) is 0 Å². The van der Waals surface area contributed by atoms with Gasteiger partial charge in [0.1, 0.15) is 0 Å². The molecular weight excluding hydrogens is 471 g/mol. The van der Waals surface area contributed by atoms with Crippen LogP contribution in [0, 0.1) is 0 Å². The summed E-state index contributed by atoms with van der Waals surface area (Å²) < 4.78 is 65.1. The van der Waals surface area contributed by atoms with Crippen molar-refractivity contribution in [3.63, 3.8) is 0 Å². The number of benzene rings is 2. The number of hydrogen-bond donors (Lipinski definition) is 2. The van der Waals surface area contributed by atoms with E-state index >= 15 is 0 Å². The molecule has 0 aliphatic carbocycles. The molecule has 172 valence electrons. The van der Waals surface area contributed by atoms with Crippen LogP contribution in [-0.2, 0) is 25.8 Å². The van der Waals surface area contributed by atoms with Gasteiger partial charge in [-0.3, -0.25) is 15.1 Å². The quantitative estimate of drug-likeness (QED) is 0.578. The number of sulfonamides is 1. The Hall–Kier alpha value is -2.60. The molecule has 0 atom stereocenters. The second-order valence-electron chi connectivity index (χ2n) is 6.81. The summed E-state index contributed by atoms with van der Waals surface area (Å²) in [7, 11) is -4.09. The Labute approximate surface area is 187 Å². The van der Waals surface area contributed by atoms with Crippen molar-refractivity contribution >= 4 is 33.2 Å². The largest absolute Gasteiger partial charge is 0.416 e. The Morgan fingerprint density at radius 3 is 2.50 bits per heavy atom. The van der Waals surface area contributed by atoms with Crippen LogP contribution in [0.1, 0.15) is 12.0 Å². The Bertz CT molecular complexity index is 1110. The van der Waals surface area contributed by atoms with E-state index in [9.17, 15) is 26.4 Å². The summed E-state index contributed by atoms with van der Waals surface area (Å²) in [5.41, 5.74) is 2.67. The Morgan fingerprint density at radius 2 is 1.88 bits per heavy atom. The molecule has 0 saturated heterocycles. The molecule has 0 fully saturated rings. The van der Waals surface area contributed by atoms with Crippen LogP contribution in [0.15, 0.2) is 65.2 Å². The number of hydroxylamine groups is 1. The highest BCUT2D eigenvalue weighted by Gasteiger charge is 2.33. The number of alkyl halides is 3. The van der Waals surface area contributed by atoms with E-state index in [2.05, 4.69) is 10.8 Å². The molecule has 3 rings (SSSR count). The topological polar surface area (TPSA) is 87.7 Å². The second-order valence-corrected chi connectivity index (χ2v) is 9.19. The lowest BCUT2D eigenvalue weighted by Gasteiger charge is -2.26. The number of carbonyl (C=O) groups excluding carboxylic acids is 1. The van der Waals surface area contributed by atoms with Crippen LogP contribution in [0.25, 0.3) is 0 Å². The molecular formula is C20H19ClF3N3O4S. The van der Waals surface area contributed by atoms with E-state index < -0.39 is 32.6 Å². The molecule has 0 radical (unpaired) electrons. The highest BCUT2D eigenvalue weighted by atomic mass is 35.5. The fourth-order valence-corrected chi connectivity index (χ4v) is 4.42. The third-order valence-corrected chi connectivity index (χ3v) is 6.62. The maximum atomic E-state index is 12.9. The lowest BCUT2D eigenvalue weighted by Crippen LogP contribution is -2.37. The number of nitrogens with one attached hydrogen (secondary N) is 2. The van der Waals surface area contributed by atoms with Crippen molar-refractivity contribution in [3.8, 4) is 0 Å². The molecule has 1 heterocycles. The van der Waals surface area contributed by atoms with Crippen LogP contribution in [0.2, 0.25) is 5.02 Å². The summed E-state index contributed by atoms with van der Waals surface area (Å²) in [5, 5.41) is 3.15. The first-order valence-electron chi connectivity index (χ1n) is 9.35. The Balaban J connectivity index is 1.52. The van der Waals surface area contributed by atoms with Gasteiger partial charge in [-0.25, -0.2) is 8.42 Å². The number of halogens is 4. The fraction of sp³-hybridized carbons (Fsp3) is 0.250. The summed E-state index contributed by atoms with van der Waals surface area (Å²) in [6.45, 7) is -0.314. The first kappa shape index (κ1) is 24.1. The number of amides is 1. The first-order chi connectivity index (χ1) is 15.1. The van der Waals surface area contributed by atoms with Crippen LogP contribution < -0.4 is 10.8 Å². The Kier molecular flexibility index (Phi) is 7.44. The van der Waals surface area contributed by atoms with Gasteiger partial charge in [-0.1, -0.05) is 17.7 Å². The maximum Gasteiger partial charge on any atom is 0.416 e. The van der Waals surface area contributed by atoms with Gasteiger partial charge in [0, 0.05) is 35.9 Å². The molecule has 2 aromatic rings. The smallest absolute Gasteiger partial charge is 0.324 e. The van der Waals surface area contributed by atoms with Gasteiger partial charge in [0.05, 0.1) is 10.5 Å². The van der Waals surface area contributed by atoms with E-state index in [4.69, 9.17) is 16.4 Å². The van der Waals surface area contributed by atoms with Crippen molar-refractivity contribution in [3.05, 3.63) is 70.9 Å². The van der Waals surface area contributed by atoms with Crippen LogP contribution in [0.5, 0.6) is 0 Å². The van der Waals surface area contributed by atoms with Gasteiger partial charge in [-0.15, -0.1) is 0 Å². The van der Waals surface area contributed by atoms with Gasteiger partial charge in [-0.2, -0.15) is 17.5 Å². The van der Waals surface area contributed by atoms with Gasteiger partial charge in [0.15, 0.2) is 6.61 Å². The summed E-state index contributed by atoms with van der Waals surface area (Å²) in [4.78, 5) is 16.6. The maximum absolute atomic E-state index is 12.9. The van der Waals surface area contributed by atoms with E-state index in [1.54, 1.807) is 24.3 Å². The van der Waals surface area contributed by atoms with Gasteiger partial charge in [0.25, 0.3) is 5.91 Å². The second kappa shape index (κ2) is 9.90. The van der Waals surface area contributed by atoms with Gasteiger partial charge >= 0.3 is 6.18 Å². The molecule has 0 spiro atoms. The van der Waals surface area contributed by atoms with Crippen molar-refractivity contribution in [2.45, 2.75) is 17.5 Å². The molecule has 2 aromatic carbocycles. The van der Waals surface area contributed by atoms with Crippen molar-refractivity contribution in [1.29, 1.82) is 0 Å². The minimum Gasteiger partial charge on any atom is -0.324 e. The summed E-state index contributed by atoms with van der Waals surface area (Å²) in [6, 6.07) is 10.2. The summed E-state index contributed by atoms with van der Waals surface area (Å²) >= 11 is 5.78. The van der Waals surface area contributed by atoms with Gasteiger partial charge in [-0.05, 0) is 48.5 Å². The van der Waals surface area contributed by atoms with Crippen LogP contribution in [-0.4, -0.2) is 38.3 Å². The normalized spacial score (nSPS) is 15.2. The highest BCUT2D eigenvalue weighted by Crippen LogP contribution is 2.31. The van der Waals surface area contributed by atoms with Crippen molar-refractivity contribution in [1.82, 2.24) is 9.79 Å². The number of nitrogens with zero attached hydrogens (tertiary/aromatic N) is 1. The monoisotopic (exact) mass is 489 g/mol. The molecule has 32 heavy (non-hydrogen) atoms. The zero-order chi connectivity index (χ0) is 23.4. The van der Waals surface area contributed by atoms with Crippen molar-refractivity contribution in [2.75, 3.05) is 25.0 Å². The standard InChI is InChI=1S/C20H19ClF3N3O4S/c21-15-4-6-16(7-5-15)25-19(28)13-31-26-17-8-10-27(11-9-17)32(29,30)18-3-1-2-14(12-18)20(22,23)24/h1-8,12,26H,9-11,13H2,(H,25,28). The van der Waals surface area contributed by atoms with E-state index in [0.29, 0.717) is 22.5 Å². The first-order valence-corrected chi connectivity index (χ1v) is 11.2. The summed E-state index contributed by atoms with van der Waals surface area (Å²) in [5.74, 6) is -0.412. The minimum absolute atomic E-state index is 0.0394. The van der Waals surface area contributed by atoms with Crippen LogP contribution in [0.4, 0.5) is 18.9 Å². The fourth-order valence-electron chi connectivity index (χ4n) is 2.87. The van der Waals surface area contributed by atoms with E-state index in [0.717, 1.165) is 22.5 Å². The molecule has 7 nitrogen and oxygen atoms in total. The Morgan fingerprint density at radius 1 is 1.16 bits per heavy atom. The molecule has 0 bridgehead atoms. The molecule has 2 N–H and O–H groups in total. The number of carbonyl (C=O) groups is 1. The zero-order valence-corrected chi connectivity index (χ0v) is 18.1. The average molecular weight is 490 g/mol. The third kappa shape index (κ3) is 6.22. The van der Waals surface area contributed by atoms with Crippen molar-refractivity contribution < 1.29 is 31.2 Å². The molecule has 1 aliphatic heterocycles. The van der Waals surface area contributed by atoms with E-state index in [1.165, 1.54) is 6.08 Å². The summed E-state index contributed by atoms with van der Waals surface area (Å²) in [6.07, 6.45) is -2.87. The predicted molar refractivity (Wildman–Crippen MR) is 112 cm³/mol. The van der Waals surface area contributed by atoms with Crippen LogP contribution >= 0.6 is 11.6 Å². The molecule has 0 aromatic heterocycles. The SMILES string of the molecule is O=C(CONC1=CCN(S(=O)(=O)c2cccc(C(F)(F)F)c2)CC1)Nc1ccc(Cl)cc1. The predicted octanol–water partition coefficient (Wildman–Crippen LogP) is 3.80. The number of anilines is 1. The van der Waals surface area contributed by atoms with Crippen LogP contribution in [0.3, 0.4) is 0 Å². The van der Waals surface area contributed by atoms with Gasteiger partial charge in [0.2, 0.25) is 10.0 Å². The average Bonchev–Trinajstić information content (AvgIpc) is 2.75.